The molecule has 0 spiro atoms. The molecule has 0 atom stereocenters. The Labute approximate surface area is 613 Å². The molecule has 0 aliphatic rings. The van der Waals surface area contributed by atoms with Gasteiger partial charge in [0.25, 0.3) is 0 Å². The molecule has 6 aromatic rings. The van der Waals surface area contributed by atoms with Crippen LogP contribution in [0.2, 0.25) is 0 Å². The zero-order valence-electron chi connectivity index (χ0n) is 44.8. The molecule has 77 heavy (non-hydrogen) atoms. The van der Waals surface area contributed by atoms with Crippen LogP contribution in [0.15, 0.2) is 131 Å². The molecule has 431 valence electrons. The number of aryl methyl sites for hydroxylation is 1. The number of ether oxygens (including phenoxy) is 2. The maximum atomic E-state index is 5.55. The standard InChI is InChI=1S/C16H21N3O.C8H11BrN2.C8H13N3.C8H11N.C6H6BrNO.C3H7I.CI3.CHI2.CH2I.CH4.3V/c1-19(2)12-14-8-15(11-17-9-14)18-10-13-4-6-16(20-3)7-5-13;2*1-11(2)6-7-3-8(9)5-10-4-7;1-7-2-4-8(6-9)5-3-7;1-9-6-2-5(7)3-8-4-6;1-3(2)4;2-1(3)4;2-1-3;1-2;;;;/h4-9,11,18H,10,12H2,1-3H3;3-5H,6H2,1-2H3;3-5H,6,9H2,1-2H3;2-5H,6,9H2,1H3;2-4H,1H3;3H,1-2H3;;1H;1H2;1H4;;;/q;;;;;;3*-1;;;;. The Morgan fingerprint density at radius 3 is 1.34 bits per heavy atom. The van der Waals surface area contributed by atoms with Crippen LogP contribution in [0.25, 0.3) is 0 Å². The molecule has 0 unspecified atom stereocenters. The number of nitrogen functional groups attached to an aromatic ring is 1. The van der Waals surface area contributed by atoms with Crippen molar-refractivity contribution in [3.05, 3.63) is 172 Å². The molecule has 3 radical (unpaired) electrons. The number of benzene rings is 2. The van der Waals surface area contributed by atoms with Gasteiger partial charge in [0.1, 0.15) is 11.5 Å². The number of nitrogens with one attached hydrogen (secondary N) is 1. The van der Waals surface area contributed by atoms with Crippen molar-refractivity contribution in [3.63, 3.8) is 0 Å². The summed E-state index contributed by atoms with van der Waals surface area (Å²) in [5, 5.41) is 3.39. The summed E-state index contributed by atoms with van der Waals surface area (Å²) in [5.41, 5.74) is 20.0. The first-order valence-corrected chi connectivity index (χ1v) is 31.9. The number of halogens is 9. The third-order valence-corrected chi connectivity index (χ3v) is 8.66. The van der Waals surface area contributed by atoms with Gasteiger partial charge in [0.05, 0.1) is 31.8 Å². The Bertz CT molecular complexity index is 2160. The Hall–Kier alpha value is 1.90. The molecular weight excluding hydrogens is 2010 g/mol. The molecule has 0 aliphatic heterocycles. The molecule has 0 aliphatic carbocycles. The summed E-state index contributed by atoms with van der Waals surface area (Å²) in [5.74, 6) is 1.65. The van der Waals surface area contributed by atoms with Gasteiger partial charge in [-0.05, 0) is 145 Å². The smallest absolute Gasteiger partial charge is 0.138 e. The van der Waals surface area contributed by atoms with Crippen molar-refractivity contribution in [2.45, 2.75) is 64.8 Å². The molecule has 24 heteroatoms. The van der Waals surface area contributed by atoms with Gasteiger partial charge in [0.15, 0.2) is 0 Å². The Morgan fingerprint density at radius 1 is 0.610 bits per heavy atom. The number of alkyl halides is 1. The van der Waals surface area contributed by atoms with Gasteiger partial charge in [-0.2, -0.15) is 0 Å². The number of rotatable bonds is 12. The quantitative estimate of drug-likeness (QED) is 0.0609. The first-order valence-electron chi connectivity index (χ1n) is 21.8. The van der Waals surface area contributed by atoms with Crippen molar-refractivity contribution in [3.8, 4) is 11.5 Å². The predicted octanol–water partition coefficient (Wildman–Crippen LogP) is 17.1. The van der Waals surface area contributed by atoms with E-state index in [1.54, 1.807) is 39.0 Å². The molecule has 5 N–H and O–H groups in total. The minimum absolute atomic E-state index is 0. The summed E-state index contributed by atoms with van der Waals surface area (Å²) in [6, 6.07) is 24.3. The summed E-state index contributed by atoms with van der Waals surface area (Å²) < 4.78 is 16.1. The number of nitrogens with two attached hydrogens (primary N) is 2. The summed E-state index contributed by atoms with van der Waals surface area (Å²) in [7, 11) is 15.5. The van der Waals surface area contributed by atoms with E-state index >= 15 is 0 Å². The van der Waals surface area contributed by atoms with Crippen LogP contribution < -0.4 is 26.3 Å². The number of hydrogen-bond acceptors (Lipinski definition) is 12. The zero-order chi connectivity index (χ0) is 56.1. The molecule has 0 amide bonds. The largest absolute Gasteiger partial charge is 0.497 e. The van der Waals surface area contributed by atoms with E-state index in [1.807, 2.05) is 102 Å². The summed E-state index contributed by atoms with van der Waals surface area (Å²) >= 11 is 21.9. The Balaban J connectivity index is -0.000000152. The van der Waals surface area contributed by atoms with Crippen LogP contribution in [0.3, 0.4) is 0 Å². The number of anilines is 2. The van der Waals surface area contributed by atoms with Gasteiger partial charge in [-0.1, -0.05) is 85.8 Å². The fourth-order valence-electron chi connectivity index (χ4n) is 5.08. The second kappa shape index (κ2) is 62.4. The Morgan fingerprint density at radius 2 is 0.974 bits per heavy atom. The van der Waals surface area contributed by atoms with Gasteiger partial charge < -0.3 is 109 Å². The molecular formula is C53H76Br2I7N10O2V3-3. The first kappa shape index (κ1) is 92.6. The summed E-state index contributed by atoms with van der Waals surface area (Å²) in [4.78, 5) is 25.7. The van der Waals surface area contributed by atoms with Crippen LogP contribution in [0.1, 0.15) is 54.7 Å². The topological polar surface area (TPSA) is 144 Å². The molecule has 0 saturated heterocycles. The van der Waals surface area contributed by atoms with E-state index in [9.17, 15) is 0 Å². The second-order valence-corrected chi connectivity index (χ2v) is 33.1. The van der Waals surface area contributed by atoms with E-state index in [0.717, 1.165) is 67.5 Å². The average molecular weight is 2090 g/mol. The first-order chi connectivity index (χ1) is 34.6. The van der Waals surface area contributed by atoms with Crippen LogP contribution >= 0.6 is 190 Å². The monoisotopic (exact) mass is 2080 g/mol. The number of pyridine rings is 4. The minimum Gasteiger partial charge on any atom is -0.497 e. The summed E-state index contributed by atoms with van der Waals surface area (Å²) in [6.45, 7) is 10.5. The van der Waals surface area contributed by atoms with Gasteiger partial charge in [-0.25, -0.2) is 2.43 Å². The van der Waals surface area contributed by atoms with Gasteiger partial charge in [-0.3, -0.25) is 92.6 Å². The van der Waals surface area contributed by atoms with Crippen molar-refractivity contribution in [1.82, 2.24) is 34.6 Å². The van der Waals surface area contributed by atoms with E-state index in [1.165, 1.54) is 27.8 Å². The molecule has 6 rings (SSSR count). The fourth-order valence-corrected chi connectivity index (χ4v) is 5.83. The third kappa shape index (κ3) is 62.3. The Kier molecular flexibility index (Phi) is 75.1. The maximum Gasteiger partial charge on any atom is 0.138 e. The van der Waals surface area contributed by atoms with Crippen molar-refractivity contribution >= 4 is 201 Å². The van der Waals surface area contributed by atoms with E-state index in [0.29, 0.717) is 6.54 Å². The molecule has 4 heterocycles. The molecule has 0 bridgehead atoms. The van der Waals surface area contributed by atoms with Gasteiger partial charge in [0, 0.05) is 145 Å². The summed E-state index contributed by atoms with van der Waals surface area (Å²) in [6.07, 6.45) is 14.3. The maximum absolute atomic E-state index is 5.55. The van der Waals surface area contributed by atoms with Crippen molar-refractivity contribution in [2.75, 3.05) is 67.6 Å². The van der Waals surface area contributed by atoms with Gasteiger partial charge in [-0.15, -0.1) is -0.0619 Å². The molecule has 4 aromatic heterocycles. The minimum atomic E-state index is 0. The molecule has 0 saturated carbocycles. The van der Waals surface area contributed by atoms with E-state index in [2.05, 4.69) is 296 Å². The van der Waals surface area contributed by atoms with Crippen molar-refractivity contribution in [2.24, 2.45) is 5.73 Å². The van der Waals surface area contributed by atoms with E-state index in [4.69, 9.17) is 20.9 Å². The van der Waals surface area contributed by atoms with E-state index < -0.39 is 0 Å². The van der Waals surface area contributed by atoms with Gasteiger partial charge >= 0.3 is 0 Å². The zero-order valence-corrected chi connectivity index (χ0v) is 67.3. The van der Waals surface area contributed by atoms with Crippen LogP contribution in [-0.4, -0.2) is 95.1 Å². The molecule has 2 aromatic carbocycles. The van der Waals surface area contributed by atoms with Crippen molar-refractivity contribution in [1.29, 1.82) is 0 Å². The second-order valence-electron chi connectivity index (χ2n) is 15.7. The predicted molar refractivity (Wildman–Crippen MR) is 388 cm³/mol. The molecule has 0 fully saturated rings. The van der Waals surface area contributed by atoms with Crippen LogP contribution in [-0.2, 0) is 88.4 Å². The average Bonchev–Trinajstić information content (AvgIpc) is 3.32. The number of nitrogens with zero attached hydrogens (tertiary/aromatic N) is 7. The number of aromatic nitrogens is 4. The van der Waals surface area contributed by atoms with E-state index in [-0.39, 0.29) is 63.1 Å². The van der Waals surface area contributed by atoms with Crippen LogP contribution in [0, 0.1) is 14.2 Å². The van der Waals surface area contributed by atoms with Crippen LogP contribution in [0.5, 0.6) is 11.5 Å². The third-order valence-electron chi connectivity index (χ3n) is 7.80. The van der Waals surface area contributed by atoms with Crippen molar-refractivity contribution < 1.29 is 65.1 Å². The number of methoxy groups -OCH3 is 2. The fraction of sp³-hybridized carbons (Fsp3) is 0.340. The SMILES string of the molecule is C.CC(C)I.CN(C)Cc1cncc(Br)c1.CN(C)Cc1cncc(N)c1.COc1ccc(CNc2cncc(CN(C)C)c2)cc1.COc1cncc(Br)c1.Cc1ccc(CN)cc1.I[C-](I)I.I[CH-]I.[CH2-]I.[V].[V].[V]. The van der Waals surface area contributed by atoms with Gasteiger partial charge in [0.2, 0.25) is 0 Å². The normalized spacial score (nSPS) is 9.18. The molecule has 12 nitrogen and oxygen atoms in total. The van der Waals surface area contributed by atoms with Crippen LogP contribution in [0.4, 0.5) is 11.4 Å². The number of hydrogen-bond donors (Lipinski definition) is 3.